The molecule has 0 spiro atoms. The number of rotatable bonds is 5. The Balaban J connectivity index is 1.97. The molecule has 0 radical (unpaired) electrons. The first-order valence-electron chi connectivity index (χ1n) is 5.84. The van der Waals surface area contributed by atoms with Gasteiger partial charge in [-0.15, -0.1) is 0 Å². The van der Waals surface area contributed by atoms with Gasteiger partial charge in [0.1, 0.15) is 5.69 Å². The average molecular weight is 255 g/mol. The van der Waals surface area contributed by atoms with Gasteiger partial charge in [-0.1, -0.05) is 30.9 Å². The molecule has 1 aliphatic rings. The summed E-state index contributed by atoms with van der Waals surface area (Å²) in [7, 11) is 0. The Morgan fingerprint density at radius 1 is 1.47 bits per heavy atom. The van der Waals surface area contributed by atoms with E-state index in [0.29, 0.717) is 10.7 Å². The fraction of sp³-hybridized carbons (Fsp3) is 0.500. The minimum atomic E-state index is -0.387. The van der Waals surface area contributed by atoms with Crippen molar-refractivity contribution in [3.63, 3.8) is 0 Å². The fourth-order valence-electron chi connectivity index (χ4n) is 2.00. The Labute approximate surface area is 105 Å². The molecule has 0 saturated heterocycles. The van der Waals surface area contributed by atoms with Crippen molar-refractivity contribution < 1.29 is 4.92 Å². The summed E-state index contributed by atoms with van der Waals surface area (Å²) in [6.45, 7) is 0.770. The maximum absolute atomic E-state index is 10.8. The summed E-state index contributed by atoms with van der Waals surface area (Å²) < 4.78 is 0. The first-order chi connectivity index (χ1) is 8.16. The molecular formula is C12H15ClN2O2. The molecule has 92 valence electrons. The lowest BCUT2D eigenvalue weighted by Gasteiger charge is -2.25. The van der Waals surface area contributed by atoms with E-state index in [-0.39, 0.29) is 10.6 Å². The van der Waals surface area contributed by atoms with Gasteiger partial charge in [-0.2, -0.15) is 0 Å². The molecule has 1 saturated carbocycles. The van der Waals surface area contributed by atoms with Crippen LogP contribution < -0.4 is 5.32 Å². The second kappa shape index (κ2) is 5.36. The first-order valence-corrected chi connectivity index (χ1v) is 6.22. The highest BCUT2D eigenvalue weighted by atomic mass is 35.5. The van der Waals surface area contributed by atoms with E-state index in [9.17, 15) is 10.1 Å². The van der Waals surface area contributed by atoms with Crippen molar-refractivity contribution in [2.24, 2.45) is 5.92 Å². The maximum atomic E-state index is 10.8. The van der Waals surface area contributed by atoms with Crippen LogP contribution in [0.15, 0.2) is 18.2 Å². The standard InChI is InChI=1S/C12H15ClN2O2/c13-10-4-5-12(15(16)17)11(8-10)14-7-6-9-2-1-3-9/h4-5,8-9,14H,1-3,6-7H2. The molecule has 1 N–H and O–H groups in total. The van der Waals surface area contributed by atoms with Crippen LogP contribution in [-0.2, 0) is 0 Å². The van der Waals surface area contributed by atoms with Gasteiger partial charge in [-0.05, 0) is 24.5 Å². The second-order valence-corrected chi connectivity index (χ2v) is 4.87. The highest BCUT2D eigenvalue weighted by Gasteiger charge is 2.18. The summed E-state index contributed by atoms with van der Waals surface area (Å²) in [6, 6.07) is 4.59. The fourth-order valence-corrected chi connectivity index (χ4v) is 2.17. The molecule has 0 bridgehead atoms. The van der Waals surface area contributed by atoms with Gasteiger partial charge in [0.15, 0.2) is 0 Å². The number of nitro groups is 1. The first kappa shape index (κ1) is 12.2. The molecule has 0 amide bonds. The molecule has 17 heavy (non-hydrogen) atoms. The molecule has 0 heterocycles. The number of benzene rings is 1. The average Bonchev–Trinajstić information content (AvgIpc) is 2.21. The largest absolute Gasteiger partial charge is 0.379 e. The number of nitrogens with one attached hydrogen (secondary N) is 1. The Morgan fingerprint density at radius 3 is 2.82 bits per heavy atom. The molecule has 1 aliphatic carbocycles. The lowest BCUT2D eigenvalue weighted by molar-refractivity contribution is -0.384. The third kappa shape index (κ3) is 3.09. The number of nitro benzene ring substituents is 1. The summed E-state index contributed by atoms with van der Waals surface area (Å²) in [5, 5.41) is 14.4. The summed E-state index contributed by atoms with van der Waals surface area (Å²) in [4.78, 5) is 10.4. The van der Waals surface area contributed by atoms with Crippen LogP contribution in [0.25, 0.3) is 0 Å². The number of halogens is 1. The van der Waals surface area contributed by atoms with Crippen LogP contribution in [-0.4, -0.2) is 11.5 Å². The van der Waals surface area contributed by atoms with Gasteiger partial charge >= 0.3 is 0 Å². The number of nitrogens with zero attached hydrogens (tertiary/aromatic N) is 1. The summed E-state index contributed by atoms with van der Waals surface area (Å²) in [5.41, 5.74) is 0.602. The molecule has 1 aromatic carbocycles. The van der Waals surface area contributed by atoms with Crippen LogP contribution in [0, 0.1) is 16.0 Å². The zero-order valence-electron chi connectivity index (χ0n) is 9.49. The molecule has 0 unspecified atom stereocenters. The Hall–Kier alpha value is -1.29. The van der Waals surface area contributed by atoms with Crippen molar-refractivity contribution in [2.75, 3.05) is 11.9 Å². The van der Waals surface area contributed by atoms with Gasteiger partial charge in [0.25, 0.3) is 5.69 Å². The molecule has 0 atom stereocenters. The van der Waals surface area contributed by atoms with Crippen LogP contribution in [0.2, 0.25) is 5.02 Å². The molecule has 2 rings (SSSR count). The number of anilines is 1. The Morgan fingerprint density at radius 2 is 2.24 bits per heavy atom. The topological polar surface area (TPSA) is 55.2 Å². The van der Waals surface area contributed by atoms with Crippen molar-refractivity contribution in [1.82, 2.24) is 0 Å². The third-order valence-corrected chi connectivity index (χ3v) is 3.48. The number of hydrogen-bond acceptors (Lipinski definition) is 3. The predicted octanol–water partition coefficient (Wildman–Crippen LogP) is 3.85. The van der Waals surface area contributed by atoms with Crippen LogP contribution >= 0.6 is 11.6 Å². The molecule has 1 fully saturated rings. The lowest BCUT2D eigenvalue weighted by atomic mass is 9.83. The van der Waals surface area contributed by atoms with Gasteiger partial charge in [-0.25, -0.2) is 0 Å². The summed E-state index contributed by atoms with van der Waals surface area (Å²) in [5.74, 6) is 0.792. The van der Waals surface area contributed by atoms with Crippen molar-refractivity contribution in [3.8, 4) is 0 Å². The van der Waals surface area contributed by atoms with E-state index in [0.717, 1.165) is 18.9 Å². The molecule has 0 aromatic heterocycles. The minimum absolute atomic E-state index is 0.0861. The van der Waals surface area contributed by atoms with E-state index < -0.39 is 0 Å². The predicted molar refractivity (Wildman–Crippen MR) is 68.6 cm³/mol. The molecular weight excluding hydrogens is 240 g/mol. The van der Waals surface area contributed by atoms with Gasteiger partial charge < -0.3 is 5.32 Å². The maximum Gasteiger partial charge on any atom is 0.292 e. The zero-order chi connectivity index (χ0) is 12.3. The van der Waals surface area contributed by atoms with E-state index in [1.165, 1.54) is 31.4 Å². The lowest BCUT2D eigenvalue weighted by Crippen LogP contribution is -2.15. The Bertz CT molecular complexity index is 419. The van der Waals surface area contributed by atoms with Crippen molar-refractivity contribution >= 4 is 23.0 Å². The summed E-state index contributed by atoms with van der Waals surface area (Å²) >= 11 is 5.84. The smallest absolute Gasteiger partial charge is 0.292 e. The van der Waals surface area contributed by atoms with Crippen LogP contribution in [0.5, 0.6) is 0 Å². The molecule has 0 aliphatic heterocycles. The second-order valence-electron chi connectivity index (χ2n) is 4.43. The Kier molecular flexibility index (Phi) is 3.84. The van der Waals surface area contributed by atoms with E-state index in [2.05, 4.69) is 5.32 Å². The zero-order valence-corrected chi connectivity index (χ0v) is 10.2. The number of hydrogen-bond donors (Lipinski definition) is 1. The SMILES string of the molecule is O=[N+]([O-])c1ccc(Cl)cc1NCCC1CCC1. The van der Waals surface area contributed by atoms with E-state index in [1.54, 1.807) is 6.07 Å². The molecule has 4 nitrogen and oxygen atoms in total. The van der Waals surface area contributed by atoms with Gasteiger partial charge in [0, 0.05) is 17.6 Å². The van der Waals surface area contributed by atoms with Crippen LogP contribution in [0.4, 0.5) is 11.4 Å². The monoisotopic (exact) mass is 254 g/mol. The quantitative estimate of drug-likeness (QED) is 0.641. The van der Waals surface area contributed by atoms with Gasteiger partial charge in [0.05, 0.1) is 4.92 Å². The highest BCUT2D eigenvalue weighted by molar-refractivity contribution is 6.31. The van der Waals surface area contributed by atoms with Crippen LogP contribution in [0.1, 0.15) is 25.7 Å². The van der Waals surface area contributed by atoms with Gasteiger partial charge in [0.2, 0.25) is 0 Å². The minimum Gasteiger partial charge on any atom is -0.379 e. The molecule has 1 aromatic rings. The van der Waals surface area contributed by atoms with E-state index >= 15 is 0 Å². The highest BCUT2D eigenvalue weighted by Crippen LogP contribution is 2.31. The third-order valence-electron chi connectivity index (χ3n) is 3.25. The van der Waals surface area contributed by atoms with E-state index in [4.69, 9.17) is 11.6 Å². The van der Waals surface area contributed by atoms with Gasteiger partial charge in [-0.3, -0.25) is 10.1 Å². The normalized spacial score (nSPS) is 15.4. The molecule has 5 heteroatoms. The van der Waals surface area contributed by atoms with Crippen molar-refractivity contribution in [3.05, 3.63) is 33.3 Å². The summed E-state index contributed by atoms with van der Waals surface area (Å²) in [6.07, 6.45) is 4.98. The van der Waals surface area contributed by atoms with Crippen LogP contribution in [0.3, 0.4) is 0 Å². The van der Waals surface area contributed by atoms with Crippen molar-refractivity contribution in [2.45, 2.75) is 25.7 Å². The van der Waals surface area contributed by atoms with Crippen molar-refractivity contribution in [1.29, 1.82) is 0 Å². The van der Waals surface area contributed by atoms with E-state index in [1.807, 2.05) is 0 Å².